The molecular weight excluding hydrogens is 318 g/mol. The van der Waals surface area contributed by atoms with Crippen molar-refractivity contribution in [2.24, 2.45) is 0 Å². The average molecular weight is 333 g/mol. The summed E-state index contributed by atoms with van der Waals surface area (Å²) >= 11 is 9.26. The van der Waals surface area contributed by atoms with Gasteiger partial charge in [0.05, 0.1) is 6.10 Å². The third kappa shape index (κ3) is 3.70. The van der Waals surface area contributed by atoms with Crippen LogP contribution in [-0.4, -0.2) is 24.7 Å². The number of benzene rings is 1. The van der Waals surface area contributed by atoms with Gasteiger partial charge in [0.25, 0.3) is 5.91 Å². The van der Waals surface area contributed by atoms with E-state index in [1.165, 1.54) is 0 Å². The third-order valence-corrected chi connectivity index (χ3v) is 3.62. The lowest BCUT2D eigenvalue weighted by Gasteiger charge is -2.28. The molecule has 0 spiro atoms. The van der Waals surface area contributed by atoms with Gasteiger partial charge >= 0.3 is 0 Å². The second-order valence-electron chi connectivity index (χ2n) is 4.53. The second-order valence-corrected chi connectivity index (χ2v) is 5.89. The predicted molar refractivity (Wildman–Crippen MR) is 75.1 cm³/mol. The molecule has 1 aliphatic rings. The number of carbonyl (C=O) groups excluding carboxylic acids is 1. The van der Waals surface area contributed by atoms with Crippen molar-refractivity contribution in [1.82, 2.24) is 5.32 Å². The fraction of sp³-hybridized carbons (Fsp3) is 0.462. The number of carbonyl (C=O) groups is 1. The highest BCUT2D eigenvalue weighted by molar-refractivity contribution is 9.10. The molecule has 0 aromatic heterocycles. The Morgan fingerprint density at radius 2 is 2.28 bits per heavy atom. The Morgan fingerprint density at radius 1 is 1.50 bits per heavy atom. The van der Waals surface area contributed by atoms with Crippen molar-refractivity contribution in [3.05, 3.63) is 33.3 Å². The Bertz CT molecular complexity index is 432. The van der Waals surface area contributed by atoms with E-state index in [0.717, 1.165) is 17.3 Å². The molecule has 0 saturated carbocycles. The molecule has 98 valence electrons. The number of amides is 1. The van der Waals surface area contributed by atoms with Crippen molar-refractivity contribution in [2.75, 3.05) is 6.61 Å². The zero-order chi connectivity index (χ0) is 13.1. The predicted octanol–water partition coefficient (Wildman–Crippen LogP) is 3.40. The zero-order valence-corrected chi connectivity index (χ0v) is 12.4. The molecule has 2 atom stereocenters. The lowest BCUT2D eigenvalue weighted by atomic mass is 10.0. The first-order chi connectivity index (χ1) is 8.54. The normalized spacial score (nSPS) is 23.7. The number of halogens is 2. The van der Waals surface area contributed by atoms with Crippen LogP contribution in [0.15, 0.2) is 22.7 Å². The first kappa shape index (κ1) is 13.8. The van der Waals surface area contributed by atoms with E-state index in [1.54, 1.807) is 18.2 Å². The maximum atomic E-state index is 12.1. The minimum atomic E-state index is -0.0858. The minimum Gasteiger partial charge on any atom is -0.378 e. The Labute approximate surface area is 120 Å². The maximum absolute atomic E-state index is 12.1. The molecule has 0 bridgehead atoms. The van der Waals surface area contributed by atoms with Crippen LogP contribution in [0.25, 0.3) is 0 Å². The highest BCUT2D eigenvalue weighted by atomic mass is 79.9. The molecule has 2 unspecified atom stereocenters. The Kier molecular flexibility index (Phi) is 4.65. The maximum Gasteiger partial charge on any atom is 0.251 e. The largest absolute Gasteiger partial charge is 0.378 e. The lowest BCUT2D eigenvalue weighted by Crippen LogP contribution is -2.41. The van der Waals surface area contributed by atoms with Crippen LogP contribution < -0.4 is 5.32 Å². The first-order valence-corrected chi connectivity index (χ1v) is 7.10. The lowest BCUT2D eigenvalue weighted by molar-refractivity contribution is 0.0136. The van der Waals surface area contributed by atoms with E-state index < -0.39 is 0 Å². The Hall–Kier alpha value is -0.580. The van der Waals surface area contributed by atoms with Crippen LogP contribution in [-0.2, 0) is 4.74 Å². The minimum absolute atomic E-state index is 0.0858. The van der Waals surface area contributed by atoms with E-state index in [4.69, 9.17) is 16.3 Å². The molecule has 1 N–H and O–H groups in total. The number of hydrogen-bond acceptors (Lipinski definition) is 2. The van der Waals surface area contributed by atoms with Crippen LogP contribution in [0.5, 0.6) is 0 Å². The average Bonchev–Trinajstić information content (AvgIpc) is 2.27. The van der Waals surface area contributed by atoms with Crippen molar-refractivity contribution in [3.63, 3.8) is 0 Å². The summed E-state index contributed by atoms with van der Waals surface area (Å²) in [4.78, 5) is 12.1. The number of ether oxygens (including phenoxy) is 1. The molecule has 0 radical (unpaired) electrons. The second kappa shape index (κ2) is 6.04. The van der Waals surface area contributed by atoms with Gasteiger partial charge in [-0.3, -0.25) is 4.79 Å². The SMILES string of the molecule is CC1CC(NC(=O)c2cc(Cl)cc(Br)c2)CCO1. The number of hydrogen-bond donors (Lipinski definition) is 1. The van der Waals surface area contributed by atoms with E-state index in [2.05, 4.69) is 21.2 Å². The number of nitrogens with one attached hydrogen (secondary N) is 1. The van der Waals surface area contributed by atoms with Gasteiger partial charge in [-0.15, -0.1) is 0 Å². The topological polar surface area (TPSA) is 38.3 Å². The van der Waals surface area contributed by atoms with E-state index in [0.29, 0.717) is 17.2 Å². The smallest absolute Gasteiger partial charge is 0.251 e. The van der Waals surface area contributed by atoms with Gasteiger partial charge in [0.2, 0.25) is 0 Å². The van der Waals surface area contributed by atoms with Gasteiger partial charge in [0.15, 0.2) is 0 Å². The van der Waals surface area contributed by atoms with Crippen molar-refractivity contribution in [3.8, 4) is 0 Å². The molecule has 0 aliphatic carbocycles. The van der Waals surface area contributed by atoms with Gasteiger partial charge in [0.1, 0.15) is 0 Å². The summed E-state index contributed by atoms with van der Waals surface area (Å²) in [7, 11) is 0. The van der Waals surface area contributed by atoms with Crippen molar-refractivity contribution >= 4 is 33.4 Å². The van der Waals surface area contributed by atoms with Crippen LogP contribution in [0.2, 0.25) is 5.02 Å². The van der Waals surface area contributed by atoms with Crippen molar-refractivity contribution in [2.45, 2.75) is 31.9 Å². The Morgan fingerprint density at radius 3 is 2.94 bits per heavy atom. The molecule has 1 saturated heterocycles. The molecular formula is C13H15BrClNO2. The van der Waals surface area contributed by atoms with E-state index in [9.17, 15) is 4.79 Å². The summed E-state index contributed by atoms with van der Waals surface area (Å²) in [5.74, 6) is -0.0858. The highest BCUT2D eigenvalue weighted by Gasteiger charge is 2.21. The summed E-state index contributed by atoms with van der Waals surface area (Å²) in [6, 6.07) is 5.38. The molecule has 2 rings (SSSR count). The summed E-state index contributed by atoms with van der Waals surface area (Å²) in [6.07, 6.45) is 1.92. The van der Waals surface area contributed by atoms with Crippen LogP contribution in [0.4, 0.5) is 0 Å². The van der Waals surface area contributed by atoms with Gasteiger partial charge in [-0.25, -0.2) is 0 Å². The molecule has 1 aliphatic heterocycles. The van der Waals surface area contributed by atoms with Gasteiger partial charge in [-0.2, -0.15) is 0 Å². The van der Waals surface area contributed by atoms with Crippen molar-refractivity contribution in [1.29, 1.82) is 0 Å². The number of rotatable bonds is 2. The third-order valence-electron chi connectivity index (χ3n) is 2.95. The fourth-order valence-corrected chi connectivity index (χ4v) is 2.94. The molecule has 1 aromatic carbocycles. The van der Waals surface area contributed by atoms with E-state index in [-0.39, 0.29) is 18.1 Å². The molecule has 1 heterocycles. The van der Waals surface area contributed by atoms with Crippen LogP contribution >= 0.6 is 27.5 Å². The molecule has 1 fully saturated rings. The summed E-state index contributed by atoms with van der Waals surface area (Å²) < 4.78 is 6.26. The van der Waals surface area contributed by atoms with Gasteiger partial charge in [-0.05, 0) is 38.0 Å². The van der Waals surface area contributed by atoms with Gasteiger partial charge < -0.3 is 10.1 Å². The zero-order valence-electron chi connectivity index (χ0n) is 10.1. The molecule has 5 heteroatoms. The standard InChI is InChI=1S/C13H15BrClNO2/c1-8-4-12(2-3-18-8)16-13(17)9-5-10(14)7-11(15)6-9/h5-8,12H,2-4H2,1H3,(H,16,17). The molecule has 3 nitrogen and oxygen atoms in total. The highest BCUT2D eigenvalue weighted by Crippen LogP contribution is 2.20. The summed E-state index contributed by atoms with van der Waals surface area (Å²) in [5.41, 5.74) is 0.577. The summed E-state index contributed by atoms with van der Waals surface area (Å²) in [5, 5.41) is 3.57. The monoisotopic (exact) mass is 331 g/mol. The first-order valence-electron chi connectivity index (χ1n) is 5.93. The molecule has 1 amide bonds. The summed E-state index contributed by atoms with van der Waals surface area (Å²) in [6.45, 7) is 2.72. The molecule has 18 heavy (non-hydrogen) atoms. The van der Waals surface area contributed by atoms with E-state index in [1.807, 2.05) is 6.92 Å². The van der Waals surface area contributed by atoms with Gasteiger partial charge in [-0.1, -0.05) is 27.5 Å². The van der Waals surface area contributed by atoms with Crippen LogP contribution in [0.1, 0.15) is 30.1 Å². The Balaban J connectivity index is 2.02. The van der Waals surface area contributed by atoms with Crippen LogP contribution in [0, 0.1) is 0 Å². The van der Waals surface area contributed by atoms with E-state index >= 15 is 0 Å². The van der Waals surface area contributed by atoms with Gasteiger partial charge in [0, 0.05) is 27.7 Å². The van der Waals surface area contributed by atoms with Crippen LogP contribution in [0.3, 0.4) is 0 Å². The van der Waals surface area contributed by atoms with Crippen molar-refractivity contribution < 1.29 is 9.53 Å². The fourth-order valence-electron chi connectivity index (χ4n) is 2.08. The quantitative estimate of drug-likeness (QED) is 0.901. The molecule has 1 aromatic rings.